The molecule has 4 rings (SSSR count). The molecule has 8 heteroatoms. The number of amides is 2. The third kappa shape index (κ3) is 4.60. The number of anilines is 1. The molecule has 2 N–H and O–H groups in total. The highest BCUT2D eigenvalue weighted by atomic mass is 32.1. The summed E-state index contributed by atoms with van der Waals surface area (Å²) >= 11 is 1.55. The van der Waals surface area contributed by atoms with Crippen LogP contribution in [0.25, 0.3) is 10.2 Å². The van der Waals surface area contributed by atoms with E-state index in [1.165, 1.54) is 17.0 Å². The quantitative estimate of drug-likeness (QED) is 0.673. The molecule has 0 bridgehead atoms. The molecule has 1 aliphatic heterocycles. The zero-order valence-corrected chi connectivity index (χ0v) is 16.4. The van der Waals surface area contributed by atoms with Gasteiger partial charge in [0.1, 0.15) is 5.82 Å². The summed E-state index contributed by atoms with van der Waals surface area (Å²) in [6.45, 7) is 0.666. The Labute approximate surface area is 171 Å². The molecular formula is C21H20FN3O3S. The largest absolute Gasteiger partial charge is 0.391 e. The van der Waals surface area contributed by atoms with Crippen molar-refractivity contribution in [1.29, 1.82) is 0 Å². The third-order valence-electron chi connectivity index (χ3n) is 4.78. The van der Waals surface area contributed by atoms with Gasteiger partial charge in [0, 0.05) is 37.2 Å². The van der Waals surface area contributed by atoms with Crippen LogP contribution in [0.4, 0.5) is 10.1 Å². The van der Waals surface area contributed by atoms with E-state index in [4.69, 9.17) is 0 Å². The fourth-order valence-corrected chi connectivity index (χ4v) is 4.33. The highest BCUT2D eigenvalue weighted by Crippen LogP contribution is 2.23. The second-order valence-corrected chi connectivity index (χ2v) is 8.16. The highest BCUT2D eigenvalue weighted by Gasteiger charge is 2.26. The fourth-order valence-electron chi connectivity index (χ4n) is 3.36. The summed E-state index contributed by atoms with van der Waals surface area (Å²) in [4.78, 5) is 30.8. The van der Waals surface area contributed by atoms with E-state index in [0.29, 0.717) is 19.4 Å². The van der Waals surface area contributed by atoms with Crippen molar-refractivity contribution in [2.75, 3.05) is 18.4 Å². The van der Waals surface area contributed by atoms with Crippen molar-refractivity contribution in [3.8, 4) is 0 Å². The number of aromatic nitrogens is 1. The topological polar surface area (TPSA) is 82.5 Å². The molecule has 2 amide bonds. The van der Waals surface area contributed by atoms with E-state index < -0.39 is 11.9 Å². The summed E-state index contributed by atoms with van der Waals surface area (Å²) < 4.78 is 15.1. The number of likely N-dealkylation sites (tertiary alicyclic amines) is 1. The number of hydrogen-bond donors (Lipinski definition) is 2. The lowest BCUT2D eigenvalue weighted by atomic mass is 10.1. The van der Waals surface area contributed by atoms with Crippen molar-refractivity contribution in [1.82, 2.24) is 9.88 Å². The minimum Gasteiger partial charge on any atom is -0.391 e. The van der Waals surface area contributed by atoms with Gasteiger partial charge in [-0.1, -0.05) is 12.1 Å². The number of aliphatic hydroxyl groups excluding tert-OH is 1. The number of carbonyl (C=O) groups is 2. The van der Waals surface area contributed by atoms with Crippen molar-refractivity contribution in [3.63, 3.8) is 0 Å². The summed E-state index contributed by atoms with van der Waals surface area (Å²) in [6, 6.07) is 11.6. The third-order valence-corrected chi connectivity index (χ3v) is 5.88. The summed E-state index contributed by atoms with van der Waals surface area (Å²) in [5, 5.41) is 13.1. The highest BCUT2D eigenvalue weighted by molar-refractivity contribution is 7.18. The van der Waals surface area contributed by atoms with E-state index in [1.54, 1.807) is 11.3 Å². The number of nitrogens with one attached hydrogen (secondary N) is 1. The van der Waals surface area contributed by atoms with Crippen molar-refractivity contribution >= 4 is 39.1 Å². The summed E-state index contributed by atoms with van der Waals surface area (Å²) in [6.07, 6.45) is 0.654. The van der Waals surface area contributed by atoms with E-state index in [9.17, 15) is 19.1 Å². The van der Waals surface area contributed by atoms with Crippen LogP contribution in [0.2, 0.25) is 0 Å². The molecule has 2 aromatic carbocycles. The van der Waals surface area contributed by atoms with Crippen LogP contribution in [-0.2, 0) is 11.2 Å². The molecule has 1 aromatic heterocycles. The van der Waals surface area contributed by atoms with Crippen molar-refractivity contribution in [2.45, 2.75) is 25.4 Å². The number of nitrogens with zero attached hydrogens (tertiary/aromatic N) is 2. The van der Waals surface area contributed by atoms with Crippen LogP contribution in [0, 0.1) is 5.82 Å². The van der Waals surface area contributed by atoms with Crippen LogP contribution in [0.1, 0.15) is 28.2 Å². The molecule has 1 fully saturated rings. The first-order valence-electron chi connectivity index (χ1n) is 9.40. The number of carbonyl (C=O) groups excluding carboxylic acids is 2. The molecule has 0 radical (unpaired) electrons. The molecule has 0 spiro atoms. The Bertz CT molecular complexity index is 1040. The van der Waals surface area contributed by atoms with Crippen molar-refractivity contribution in [2.24, 2.45) is 0 Å². The number of halogens is 1. The Morgan fingerprint density at radius 2 is 2.10 bits per heavy atom. The first kappa shape index (κ1) is 19.5. The number of fused-ring (bicyclic) bond motifs is 1. The van der Waals surface area contributed by atoms with Crippen LogP contribution in [0.5, 0.6) is 0 Å². The SMILES string of the molecule is O=C(CCc1nc2ccccc2s1)Nc1cc(F)cc(C(=O)N2CC[C@@H](O)C2)c1. The number of para-hydroxylation sites is 1. The second-order valence-electron chi connectivity index (χ2n) is 7.05. The maximum absolute atomic E-state index is 14.0. The maximum atomic E-state index is 14.0. The molecule has 2 heterocycles. The molecule has 150 valence electrons. The average Bonchev–Trinajstić information content (AvgIpc) is 3.31. The Kier molecular flexibility index (Phi) is 5.55. The summed E-state index contributed by atoms with van der Waals surface area (Å²) in [7, 11) is 0. The lowest BCUT2D eigenvalue weighted by Crippen LogP contribution is -2.29. The molecule has 0 saturated carbocycles. The van der Waals surface area contributed by atoms with E-state index in [1.807, 2.05) is 24.3 Å². The van der Waals surface area contributed by atoms with Gasteiger partial charge in [-0.25, -0.2) is 9.37 Å². The smallest absolute Gasteiger partial charge is 0.254 e. The lowest BCUT2D eigenvalue weighted by Gasteiger charge is -2.16. The van der Waals surface area contributed by atoms with Crippen molar-refractivity contribution in [3.05, 3.63) is 58.9 Å². The Morgan fingerprint density at radius 1 is 1.28 bits per heavy atom. The van der Waals surface area contributed by atoms with Gasteiger partial charge < -0.3 is 15.3 Å². The first-order chi connectivity index (χ1) is 14.0. The number of benzene rings is 2. The normalized spacial score (nSPS) is 16.3. The van der Waals surface area contributed by atoms with Gasteiger partial charge in [0.2, 0.25) is 5.91 Å². The zero-order valence-electron chi connectivity index (χ0n) is 15.6. The Balaban J connectivity index is 1.39. The monoisotopic (exact) mass is 413 g/mol. The molecule has 0 aliphatic carbocycles. The van der Waals surface area contributed by atoms with Crippen LogP contribution in [0.3, 0.4) is 0 Å². The zero-order chi connectivity index (χ0) is 20.4. The number of aryl methyl sites for hydroxylation is 1. The van der Waals surface area contributed by atoms with Gasteiger partial charge in [0.15, 0.2) is 0 Å². The van der Waals surface area contributed by atoms with Crippen LogP contribution in [0.15, 0.2) is 42.5 Å². The molecule has 6 nitrogen and oxygen atoms in total. The number of rotatable bonds is 5. The number of β-amino-alcohol motifs (C(OH)–C–C–N with tert-alkyl or cyclic N) is 1. The predicted molar refractivity (Wildman–Crippen MR) is 109 cm³/mol. The Morgan fingerprint density at radius 3 is 2.86 bits per heavy atom. The van der Waals surface area contributed by atoms with Gasteiger partial charge in [0.05, 0.1) is 21.3 Å². The summed E-state index contributed by atoms with van der Waals surface area (Å²) in [5.41, 5.74) is 1.30. The van der Waals surface area contributed by atoms with Gasteiger partial charge in [-0.2, -0.15) is 0 Å². The number of hydrogen-bond acceptors (Lipinski definition) is 5. The maximum Gasteiger partial charge on any atom is 0.254 e. The summed E-state index contributed by atoms with van der Waals surface area (Å²) in [5.74, 6) is -1.23. The van der Waals surface area contributed by atoms with E-state index >= 15 is 0 Å². The van der Waals surface area contributed by atoms with E-state index in [-0.39, 0.29) is 36.0 Å². The number of thiazole rings is 1. The van der Waals surface area contributed by atoms with Crippen LogP contribution in [-0.4, -0.2) is 46.0 Å². The second kappa shape index (κ2) is 8.26. The molecule has 1 saturated heterocycles. The van der Waals surface area contributed by atoms with Gasteiger partial charge in [-0.05, 0) is 36.8 Å². The van der Waals surface area contributed by atoms with Crippen molar-refractivity contribution < 1.29 is 19.1 Å². The van der Waals surface area contributed by atoms with Crippen LogP contribution < -0.4 is 5.32 Å². The van der Waals surface area contributed by atoms with Gasteiger partial charge in [-0.3, -0.25) is 9.59 Å². The number of aliphatic hydroxyl groups is 1. The Hall–Kier alpha value is -2.84. The molecule has 1 atom stereocenters. The van der Waals surface area contributed by atoms with Gasteiger partial charge in [-0.15, -0.1) is 11.3 Å². The van der Waals surface area contributed by atoms with Gasteiger partial charge in [0.25, 0.3) is 5.91 Å². The minimum atomic E-state index is -0.600. The molecule has 1 aliphatic rings. The van der Waals surface area contributed by atoms with Crippen LogP contribution >= 0.6 is 11.3 Å². The van der Waals surface area contributed by atoms with E-state index in [0.717, 1.165) is 21.3 Å². The standard InChI is InChI=1S/C21H20FN3O3S/c22-14-9-13(21(28)25-8-7-16(26)12-25)10-15(11-14)23-19(27)5-6-20-24-17-3-1-2-4-18(17)29-20/h1-4,9-11,16,26H,5-8,12H2,(H,23,27)/t16-/m1/s1. The lowest BCUT2D eigenvalue weighted by molar-refractivity contribution is -0.116. The molecule has 3 aromatic rings. The average molecular weight is 413 g/mol. The van der Waals surface area contributed by atoms with Gasteiger partial charge >= 0.3 is 0 Å². The molecular weight excluding hydrogens is 393 g/mol. The first-order valence-corrected chi connectivity index (χ1v) is 10.2. The minimum absolute atomic E-state index is 0.153. The predicted octanol–water partition coefficient (Wildman–Crippen LogP) is 3.21. The molecule has 0 unspecified atom stereocenters. The van der Waals surface area contributed by atoms with E-state index in [2.05, 4.69) is 10.3 Å². The fraction of sp³-hybridized carbons (Fsp3) is 0.286. The molecule has 29 heavy (non-hydrogen) atoms.